The maximum Gasteiger partial charge on any atom is 0.349 e. The van der Waals surface area contributed by atoms with Crippen LogP contribution in [0.2, 0.25) is 0 Å². The number of hydrogen-bond acceptors (Lipinski definition) is 9. The number of terminal acetylenes is 1. The van der Waals surface area contributed by atoms with Crippen molar-refractivity contribution in [3.8, 4) is 41.2 Å². The fourth-order valence-electron chi connectivity index (χ4n) is 7.69. The zero-order valence-electron chi connectivity index (χ0n) is 27.4. The van der Waals surface area contributed by atoms with Crippen LogP contribution in [0.4, 0.5) is 14.6 Å². The summed E-state index contributed by atoms with van der Waals surface area (Å²) in [4.78, 5) is 28.7. The zero-order valence-corrected chi connectivity index (χ0v) is 27.4. The largest absolute Gasteiger partial charge is 0.508 e. The third-order valence-electron chi connectivity index (χ3n) is 10.1. The van der Waals surface area contributed by atoms with Crippen LogP contribution in [0.3, 0.4) is 0 Å². The summed E-state index contributed by atoms with van der Waals surface area (Å²) in [5.41, 5.74) is 1.42. The second-order valence-electron chi connectivity index (χ2n) is 13.0. The number of fused-ring (bicyclic) bond motifs is 4. The van der Waals surface area contributed by atoms with Crippen molar-refractivity contribution in [1.82, 2.24) is 19.9 Å². The Morgan fingerprint density at radius 3 is 2.90 bits per heavy atom. The molecule has 1 unspecified atom stereocenters. The van der Waals surface area contributed by atoms with E-state index in [2.05, 4.69) is 26.1 Å². The Balaban J connectivity index is 1.26. The first-order chi connectivity index (χ1) is 24.2. The highest BCUT2D eigenvalue weighted by atomic mass is 19.1. The molecule has 0 amide bonds. The summed E-state index contributed by atoms with van der Waals surface area (Å²) < 4.78 is 47.1. The van der Waals surface area contributed by atoms with E-state index in [1.165, 1.54) is 24.3 Å². The fourth-order valence-corrected chi connectivity index (χ4v) is 7.69. The number of aromatic nitrogens is 3. The molecule has 6 aromatic rings. The molecule has 2 aliphatic rings. The summed E-state index contributed by atoms with van der Waals surface area (Å²) in [7, 11) is 1.60. The SMILES string of the molecule is C#Cc1c(F)ccc2cc(O)cc(-c3oc(=O)c4c(NCc5c[nH]c6cc(OC)ccc56)nc(OCC56CCCN5C[C@H](F)C6)nc4c3C)c12. The minimum atomic E-state index is -0.936. The lowest BCUT2D eigenvalue weighted by atomic mass is 9.95. The van der Waals surface area contributed by atoms with Gasteiger partial charge in [0.15, 0.2) is 0 Å². The van der Waals surface area contributed by atoms with Crippen molar-refractivity contribution in [2.24, 2.45) is 0 Å². The Kier molecular flexibility index (Phi) is 7.60. The number of phenolic OH excluding ortho intramolecular Hbond substituents is 1. The van der Waals surface area contributed by atoms with E-state index >= 15 is 0 Å². The quantitative estimate of drug-likeness (QED) is 0.153. The number of aromatic hydroxyl groups is 1. The van der Waals surface area contributed by atoms with Crippen molar-refractivity contribution >= 4 is 38.4 Å². The molecule has 0 radical (unpaired) electrons. The summed E-state index contributed by atoms with van der Waals surface area (Å²) in [6, 6.07) is 11.3. The van der Waals surface area contributed by atoms with Crippen LogP contribution in [0, 0.1) is 25.1 Å². The molecule has 2 atom stereocenters. The molecule has 8 rings (SSSR count). The number of aromatic amines is 1. The van der Waals surface area contributed by atoms with Crippen molar-refractivity contribution in [1.29, 1.82) is 0 Å². The lowest BCUT2D eigenvalue weighted by Gasteiger charge is -2.30. The first kappa shape index (κ1) is 31.6. The predicted octanol–water partition coefficient (Wildman–Crippen LogP) is 6.59. The Hall–Kier alpha value is -5.67. The van der Waals surface area contributed by atoms with E-state index in [-0.39, 0.29) is 58.5 Å². The van der Waals surface area contributed by atoms with Crippen LogP contribution in [0.15, 0.2) is 57.9 Å². The predicted molar refractivity (Wildman–Crippen MR) is 186 cm³/mol. The number of anilines is 1. The zero-order chi connectivity index (χ0) is 34.7. The Morgan fingerprint density at radius 1 is 1.22 bits per heavy atom. The molecule has 254 valence electrons. The van der Waals surface area contributed by atoms with Gasteiger partial charge in [0.25, 0.3) is 0 Å². The second-order valence-corrected chi connectivity index (χ2v) is 13.0. The summed E-state index contributed by atoms with van der Waals surface area (Å²) >= 11 is 0. The number of hydrogen-bond donors (Lipinski definition) is 3. The van der Waals surface area contributed by atoms with Gasteiger partial charge in [-0.3, -0.25) is 4.90 Å². The van der Waals surface area contributed by atoms with E-state index in [4.69, 9.17) is 25.3 Å². The number of nitrogens with zero attached hydrogens (tertiary/aromatic N) is 3. The van der Waals surface area contributed by atoms with Crippen LogP contribution >= 0.6 is 0 Å². The van der Waals surface area contributed by atoms with Gasteiger partial charge in [-0.1, -0.05) is 12.0 Å². The molecule has 2 fully saturated rings. The molecule has 12 heteroatoms. The molecule has 3 aromatic carbocycles. The van der Waals surface area contributed by atoms with Crippen LogP contribution in [0.25, 0.3) is 43.9 Å². The van der Waals surface area contributed by atoms with Crippen molar-refractivity contribution < 1.29 is 27.8 Å². The molecular weight excluding hydrogens is 644 g/mol. The van der Waals surface area contributed by atoms with Gasteiger partial charge >= 0.3 is 11.6 Å². The average molecular weight is 678 g/mol. The number of alkyl halides is 1. The van der Waals surface area contributed by atoms with E-state index in [1.807, 2.05) is 24.4 Å². The van der Waals surface area contributed by atoms with Crippen molar-refractivity contribution in [3.05, 3.63) is 81.6 Å². The van der Waals surface area contributed by atoms with Gasteiger partial charge in [0.2, 0.25) is 0 Å². The molecule has 0 bridgehead atoms. The molecule has 0 aliphatic carbocycles. The molecule has 2 aliphatic heterocycles. The minimum absolute atomic E-state index is 0.00275. The normalized spacial score (nSPS) is 18.9. The van der Waals surface area contributed by atoms with E-state index in [9.17, 15) is 18.7 Å². The minimum Gasteiger partial charge on any atom is -0.508 e. The van der Waals surface area contributed by atoms with Gasteiger partial charge in [0.05, 0.1) is 23.7 Å². The molecule has 0 saturated carbocycles. The van der Waals surface area contributed by atoms with Crippen LogP contribution < -0.4 is 20.4 Å². The number of nitrogens with one attached hydrogen (secondary N) is 2. The number of ether oxygens (including phenoxy) is 2. The van der Waals surface area contributed by atoms with E-state index < -0.39 is 23.2 Å². The molecular formula is C38H33F2N5O5. The first-order valence-corrected chi connectivity index (χ1v) is 16.4. The molecule has 0 spiro atoms. The highest BCUT2D eigenvalue weighted by Gasteiger charge is 2.49. The monoisotopic (exact) mass is 677 g/mol. The highest BCUT2D eigenvalue weighted by Crippen LogP contribution is 2.41. The van der Waals surface area contributed by atoms with Crippen LogP contribution in [-0.4, -0.2) is 63.5 Å². The lowest BCUT2D eigenvalue weighted by molar-refractivity contribution is 0.107. The van der Waals surface area contributed by atoms with Gasteiger partial charge in [0, 0.05) is 59.2 Å². The van der Waals surface area contributed by atoms with Crippen molar-refractivity contribution in [2.75, 3.05) is 32.1 Å². The number of halogens is 2. The topological polar surface area (TPSA) is 126 Å². The van der Waals surface area contributed by atoms with E-state index in [1.54, 1.807) is 14.0 Å². The van der Waals surface area contributed by atoms with Gasteiger partial charge in [-0.2, -0.15) is 9.97 Å². The Labute approximate surface area is 285 Å². The van der Waals surface area contributed by atoms with Crippen molar-refractivity contribution in [2.45, 2.75) is 44.4 Å². The summed E-state index contributed by atoms with van der Waals surface area (Å²) in [6.07, 6.45) is 8.75. The summed E-state index contributed by atoms with van der Waals surface area (Å²) in [5.74, 6) is 2.60. The van der Waals surface area contributed by atoms with Gasteiger partial charge in [0.1, 0.15) is 47.1 Å². The third kappa shape index (κ3) is 5.16. The summed E-state index contributed by atoms with van der Waals surface area (Å²) in [5, 5.41) is 15.7. The molecule has 50 heavy (non-hydrogen) atoms. The number of H-pyrrole nitrogens is 1. The Bertz CT molecular complexity index is 2440. The Morgan fingerprint density at radius 2 is 2.08 bits per heavy atom. The van der Waals surface area contributed by atoms with Crippen LogP contribution in [-0.2, 0) is 6.54 Å². The smallest absolute Gasteiger partial charge is 0.349 e. The number of rotatable bonds is 8. The van der Waals surface area contributed by atoms with Crippen LogP contribution in [0.5, 0.6) is 17.5 Å². The lowest BCUT2D eigenvalue weighted by Crippen LogP contribution is -2.43. The van der Waals surface area contributed by atoms with Gasteiger partial charge in [-0.15, -0.1) is 6.42 Å². The maximum absolute atomic E-state index is 14.9. The fraction of sp³-hybridized carbons (Fsp3) is 0.289. The third-order valence-corrected chi connectivity index (χ3v) is 10.1. The van der Waals surface area contributed by atoms with Gasteiger partial charge < -0.3 is 29.3 Å². The standard InChI is InChI=1S/C38H33F2N5O5/c1-4-26-29(40)9-6-21-12-24(46)13-28(31(21)26)34-20(2)33-32(36(47)50-34)35(42-17-22-16-41-30-14-25(48-3)7-8-27(22)30)44-37(43-33)49-19-38-10-5-11-45(38)18-23(39)15-38/h1,6-9,12-14,16,23,41,46H,5,10-11,15,17-19H2,2-3H3,(H,42,43,44)/t23-,38?/m1/s1. The molecule has 2 saturated heterocycles. The second kappa shape index (κ2) is 12.0. The van der Waals surface area contributed by atoms with Crippen LogP contribution in [0.1, 0.15) is 36.0 Å². The number of benzene rings is 3. The molecule has 5 heterocycles. The average Bonchev–Trinajstić information content (AvgIpc) is 3.79. The number of methoxy groups -OCH3 is 1. The van der Waals surface area contributed by atoms with Crippen molar-refractivity contribution in [3.63, 3.8) is 0 Å². The first-order valence-electron chi connectivity index (χ1n) is 16.4. The van der Waals surface area contributed by atoms with Gasteiger partial charge in [-0.25, -0.2) is 13.6 Å². The van der Waals surface area contributed by atoms with E-state index in [0.717, 1.165) is 35.9 Å². The number of phenols is 1. The molecule has 10 nitrogen and oxygen atoms in total. The maximum atomic E-state index is 14.9. The summed E-state index contributed by atoms with van der Waals surface area (Å²) in [6.45, 7) is 3.33. The molecule has 3 aromatic heterocycles. The van der Waals surface area contributed by atoms with E-state index in [0.29, 0.717) is 35.1 Å². The number of aryl methyl sites for hydroxylation is 1. The highest BCUT2D eigenvalue weighted by molar-refractivity contribution is 6.03. The molecule has 3 N–H and O–H groups in total. The van der Waals surface area contributed by atoms with Gasteiger partial charge in [-0.05, 0) is 67.6 Å².